The summed E-state index contributed by atoms with van der Waals surface area (Å²) in [6, 6.07) is 5.54. The highest BCUT2D eigenvalue weighted by molar-refractivity contribution is 5.75. The van der Waals surface area contributed by atoms with Crippen LogP contribution in [0.2, 0.25) is 0 Å². The molecule has 5 heteroatoms. The second-order valence-electron chi connectivity index (χ2n) is 3.81. The highest BCUT2D eigenvalue weighted by atomic mass is 16.5. The summed E-state index contributed by atoms with van der Waals surface area (Å²) in [6.45, 7) is 1.91. The first-order chi connectivity index (χ1) is 8.81. The van der Waals surface area contributed by atoms with Crippen molar-refractivity contribution in [1.29, 1.82) is 0 Å². The molecular formula is C13H10N4O. The third kappa shape index (κ3) is 2.10. The van der Waals surface area contributed by atoms with Crippen LogP contribution in [0, 0.1) is 6.92 Å². The quantitative estimate of drug-likeness (QED) is 0.686. The Hall–Kier alpha value is -2.56. The summed E-state index contributed by atoms with van der Waals surface area (Å²) in [5.74, 6) is 1.13. The molecule has 0 bridgehead atoms. The average Bonchev–Trinajstić information content (AvgIpc) is 2.39. The maximum Gasteiger partial charge on any atom is 0.237 e. The first-order valence-electron chi connectivity index (χ1n) is 5.48. The highest BCUT2D eigenvalue weighted by Crippen LogP contribution is 2.22. The molecule has 0 fully saturated rings. The Morgan fingerprint density at radius 1 is 1.00 bits per heavy atom. The van der Waals surface area contributed by atoms with Gasteiger partial charge in [-0.2, -0.15) is 0 Å². The molecule has 2 aromatic heterocycles. The van der Waals surface area contributed by atoms with Gasteiger partial charge in [-0.1, -0.05) is 0 Å². The summed E-state index contributed by atoms with van der Waals surface area (Å²) < 4.78 is 5.58. The largest absolute Gasteiger partial charge is 0.437 e. The molecule has 0 saturated carbocycles. The molecular weight excluding hydrogens is 228 g/mol. The molecule has 2 heterocycles. The summed E-state index contributed by atoms with van der Waals surface area (Å²) in [7, 11) is 0. The first-order valence-corrected chi connectivity index (χ1v) is 5.48. The Labute approximate surface area is 104 Å². The van der Waals surface area contributed by atoms with E-state index in [9.17, 15) is 0 Å². The van der Waals surface area contributed by atoms with E-state index < -0.39 is 0 Å². The van der Waals surface area contributed by atoms with Crippen LogP contribution in [0.15, 0.2) is 43.0 Å². The molecule has 0 aliphatic carbocycles. The Balaban J connectivity index is 1.98. The fourth-order valence-electron chi connectivity index (χ4n) is 1.61. The van der Waals surface area contributed by atoms with Gasteiger partial charge >= 0.3 is 0 Å². The number of benzene rings is 1. The molecule has 0 spiro atoms. The van der Waals surface area contributed by atoms with Crippen LogP contribution < -0.4 is 4.74 Å². The van der Waals surface area contributed by atoms with Gasteiger partial charge in [0.1, 0.15) is 5.75 Å². The lowest BCUT2D eigenvalue weighted by Gasteiger charge is -2.04. The molecule has 5 nitrogen and oxygen atoms in total. The van der Waals surface area contributed by atoms with Crippen molar-refractivity contribution >= 4 is 11.0 Å². The van der Waals surface area contributed by atoms with E-state index in [1.54, 1.807) is 24.8 Å². The SMILES string of the molecule is Cc1cnc2ccc(Oc3cnccn3)cc2n1. The summed E-state index contributed by atoms with van der Waals surface area (Å²) in [5, 5.41) is 0. The number of fused-ring (bicyclic) bond motifs is 1. The van der Waals surface area contributed by atoms with Crippen molar-refractivity contribution in [3.63, 3.8) is 0 Å². The van der Waals surface area contributed by atoms with E-state index >= 15 is 0 Å². The Bertz CT molecular complexity index is 685. The van der Waals surface area contributed by atoms with Crippen LogP contribution in [0.5, 0.6) is 11.6 Å². The minimum atomic E-state index is 0.456. The molecule has 0 aliphatic rings. The summed E-state index contributed by atoms with van der Waals surface area (Å²) in [4.78, 5) is 16.7. The normalized spacial score (nSPS) is 10.5. The number of rotatable bonds is 2. The van der Waals surface area contributed by atoms with Crippen LogP contribution in [0.25, 0.3) is 11.0 Å². The van der Waals surface area contributed by atoms with Gasteiger partial charge in [0.2, 0.25) is 5.88 Å². The van der Waals surface area contributed by atoms with Crippen LogP contribution in [0.4, 0.5) is 0 Å². The van der Waals surface area contributed by atoms with Crippen molar-refractivity contribution in [2.45, 2.75) is 6.92 Å². The van der Waals surface area contributed by atoms with Gasteiger partial charge in [0.25, 0.3) is 0 Å². The van der Waals surface area contributed by atoms with Crippen molar-refractivity contribution in [3.05, 3.63) is 48.7 Å². The monoisotopic (exact) mass is 238 g/mol. The molecule has 0 aliphatic heterocycles. The molecule has 0 radical (unpaired) electrons. The zero-order valence-electron chi connectivity index (χ0n) is 9.74. The van der Waals surface area contributed by atoms with Crippen LogP contribution in [-0.2, 0) is 0 Å². The Morgan fingerprint density at radius 3 is 2.78 bits per heavy atom. The molecule has 3 rings (SSSR count). The maximum absolute atomic E-state index is 5.58. The van der Waals surface area contributed by atoms with Crippen molar-refractivity contribution in [2.75, 3.05) is 0 Å². The van der Waals surface area contributed by atoms with Crippen molar-refractivity contribution in [3.8, 4) is 11.6 Å². The second-order valence-corrected chi connectivity index (χ2v) is 3.81. The maximum atomic E-state index is 5.58. The third-order valence-corrected chi connectivity index (χ3v) is 2.40. The van der Waals surface area contributed by atoms with E-state index in [0.717, 1.165) is 16.7 Å². The van der Waals surface area contributed by atoms with Gasteiger partial charge in [0.15, 0.2) is 0 Å². The number of hydrogen-bond acceptors (Lipinski definition) is 5. The molecule has 1 aromatic carbocycles. The summed E-state index contributed by atoms with van der Waals surface area (Å²) in [5.41, 5.74) is 2.52. The van der Waals surface area contributed by atoms with Crippen LogP contribution in [0.1, 0.15) is 5.69 Å². The zero-order chi connectivity index (χ0) is 12.4. The second kappa shape index (κ2) is 4.37. The fraction of sp³-hybridized carbons (Fsp3) is 0.0769. The molecule has 0 amide bonds. The molecule has 3 aromatic rings. The van der Waals surface area contributed by atoms with Crippen molar-refractivity contribution < 1.29 is 4.74 Å². The standard InChI is InChI=1S/C13H10N4O/c1-9-7-16-11-3-2-10(6-12(11)17-9)18-13-8-14-4-5-15-13/h2-8H,1H3. The van der Waals surface area contributed by atoms with Crippen molar-refractivity contribution in [2.24, 2.45) is 0 Å². The van der Waals surface area contributed by atoms with Gasteiger partial charge < -0.3 is 4.74 Å². The molecule has 0 N–H and O–H groups in total. The van der Waals surface area contributed by atoms with Gasteiger partial charge in [0.05, 0.1) is 22.9 Å². The summed E-state index contributed by atoms with van der Waals surface area (Å²) in [6.07, 6.45) is 6.49. The predicted octanol–water partition coefficient (Wildman–Crippen LogP) is 2.52. The topological polar surface area (TPSA) is 60.8 Å². The molecule has 0 atom stereocenters. The van der Waals surface area contributed by atoms with E-state index in [1.807, 2.05) is 25.1 Å². The fourth-order valence-corrected chi connectivity index (χ4v) is 1.61. The van der Waals surface area contributed by atoms with Gasteiger partial charge in [-0.25, -0.2) is 9.97 Å². The lowest BCUT2D eigenvalue weighted by molar-refractivity contribution is 0.460. The van der Waals surface area contributed by atoms with Gasteiger partial charge in [-0.05, 0) is 19.1 Å². The number of ether oxygens (including phenoxy) is 1. The van der Waals surface area contributed by atoms with E-state index in [2.05, 4.69) is 19.9 Å². The number of aromatic nitrogens is 4. The van der Waals surface area contributed by atoms with E-state index in [0.29, 0.717) is 11.6 Å². The zero-order valence-corrected chi connectivity index (χ0v) is 9.74. The number of hydrogen-bond donors (Lipinski definition) is 0. The summed E-state index contributed by atoms with van der Waals surface area (Å²) >= 11 is 0. The average molecular weight is 238 g/mol. The number of nitrogens with zero attached hydrogens (tertiary/aromatic N) is 4. The molecule has 88 valence electrons. The first kappa shape index (κ1) is 10.6. The minimum Gasteiger partial charge on any atom is -0.437 e. The molecule has 18 heavy (non-hydrogen) atoms. The van der Waals surface area contributed by atoms with Crippen LogP contribution in [-0.4, -0.2) is 19.9 Å². The van der Waals surface area contributed by atoms with Gasteiger partial charge in [-0.3, -0.25) is 9.97 Å². The van der Waals surface area contributed by atoms with E-state index in [4.69, 9.17) is 4.74 Å². The lowest BCUT2D eigenvalue weighted by atomic mass is 10.3. The predicted molar refractivity (Wildman–Crippen MR) is 66.4 cm³/mol. The Kier molecular flexibility index (Phi) is 2.57. The Morgan fingerprint density at radius 2 is 1.94 bits per heavy atom. The van der Waals surface area contributed by atoms with Gasteiger partial charge in [-0.15, -0.1) is 0 Å². The number of aryl methyl sites for hydroxylation is 1. The van der Waals surface area contributed by atoms with Crippen molar-refractivity contribution in [1.82, 2.24) is 19.9 Å². The molecule has 0 unspecified atom stereocenters. The van der Waals surface area contributed by atoms with Crippen LogP contribution >= 0.6 is 0 Å². The minimum absolute atomic E-state index is 0.456. The molecule has 0 saturated heterocycles. The van der Waals surface area contributed by atoms with Gasteiger partial charge in [0, 0.05) is 24.7 Å². The third-order valence-electron chi connectivity index (χ3n) is 2.40. The highest BCUT2D eigenvalue weighted by Gasteiger charge is 2.02. The van der Waals surface area contributed by atoms with Crippen LogP contribution in [0.3, 0.4) is 0 Å². The van der Waals surface area contributed by atoms with E-state index in [1.165, 1.54) is 0 Å². The van der Waals surface area contributed by atoms with E-state index in [-0.39, 0.29) is 0 Å². The smallest absolute Gasteiger partial charge is 0.237 e. The lowest BCUT2D eigenvalue weighted by Crippen LogP contribution is -1.90.